The van der Waals surface area contributed by atoms with Gasteiger partial charge in [-0.05, 0) is 12.8 Å². The molecular weight excluding hydrogens is 138 g/mol. The molecule has 0 amide bonds. The van der Waals surface area contributed by atoms with Gasteiger partial charge < -0.3 is 4.90 Å². The van der Waals surface area contributed by atoms with Gasteiger partial charge in [-0.25, -0.2) is 4.98 Å². The first kappa shape index (κ1) is 6.58. The van der Waals surface area contributed by atoms with Crippen LogP contribution in [0.1, 0.15) is 12.8 Å². The third-order valence-corrected chi connectivity index (χ3v) is 1.93. The summed E-state index contributed by atoms with van der Waals surface area (Å²) in [5.41, 5.74) is 0. The van der Waals surface area contributed by atoms with Gasteiger partial charge in [0.2, 0.25) is 0 Å². The number of aromatic nitrogens is 2. The van der Waals surface area contributed by atoms with Crippen molar-refractivity contribution in [2.75, 3.05) is 18.0 Å². The molecule has 0 N–H and O–H groups in total. The molecule has 0 aliphatic carbocycles. The minimum atomic E-state index is 0.963. The molecule has 3 heteroatoms. The Balaban J connectivity index is 2.16. The third-order valence-electron chi connectivity index (χ3n) is 1.93. The van der Waals surface area contributed by atoms with Crippen LogP contribution in [0.4, 0.5) is 5.82 Å². The van der Waals surface area contributed by atoms with Crippen LogP contribution in [0, 0.1) is 6.20 Å². The third kappa shape index (κ3) is 1.31. The monoisotopic (exact) mass is 148 g/mol. The van der Waals surface area contributed by atoms with Gasteiger partial charge in [0.25, 0.3) is 0 Å². The average Bonchev–Trinajstić information content (AvgIpc) is 2.58. The summed E-state index contributed by atoms with van der Waals surface area (Å²) in [6, 6.07) is 0. The lowest BCUT2D eigenvalue weighted by Crippen LogP contribution is -2.18. The smallest absolute Gasteiger partial charge is 0.147 e. The van der Waals surface area contributed by atoms with Crippen molar-refractivity contribution < 1.29 is 0 Å². The van der Waals surface area contributed by atoms with Crippen molar-refractivity contribution in [1.29, 1.82) is 0 Å². The molecule has 1 aromatic heterocycles. The fourth-order valence-corrected chi connectivity index (χ4v) is 1.36. The summed E-state index contributed by atoms with van der Waals surface area (Å²) in [5, 5.41) is 0. The lowest BCUT2D eigenvalue weighted by molar-refractivity contribution is 0.925. The maximum atomic E-state index is 4.10. The van der Waals surface area contributed by atoms with Crippen molar-refractivity contribution in [2.24, 2.45) is 0 Å². The van der Waals surface area contributed by atoms with Crippen LogP contribution in [-0.4, -0.2) is 23.1 Å². The van der Waals surface area contributed by atoms with Gasteiger partial charge in [-0.2, -0.15) is 0 Å². The Morgan fingerprint density at radius 2 is 2.18 bits per heavy atom. The van der Waals surface area contributed by atoms with E-state index < -0.39 is 0 Å². The lowest BCUT2D eigenvalue weighted by Gasteiger charge is -2.14. The first-order valence-corrected chi connectivity index (χ1v) is 3.90. The first-order chi connectivity index (χ1) is 5.47. The van der Waals surface area contributed by atoms with E-state index in [0.717, 1.165) is 18.9 Å². The zero-order valence-electron chi connectivity index (χ0n) is 6.32. The second-order valence-electron chi connectivity index (χ2n) is 2.70. The van der Waals surface area contributed by atoms with E-state index >= 15 is 0 Å². The molecule has 0 unspecified atom stereocenters. The van der Waals surface area contributed by atoms with Crippen molar-refractivity contribution in [3.05, 3.63) is 18.6 Å². The Kier molecular flexibility index (Phi) is 1.71. The normalized spacial score (nSPS) is 17.3. The van der Waals surface area contributed by atoms with Crippen molar-refractivity contribution in [2.45, 2.75) is 12.8 Å². The molecular formula is C8H10N3. The number of hydrogen-bond acceptors (Lipinski definition) is 3. The molecule has 0 bridgehead atoms. The fourth-order valence-electron chi connectivity index (χ4n) is 1.36. The zero-order chi connectivity index (χ0) is 7.52. The average molecular weight is 148 g/mol. The van der Waals surface area contributed by atoms with Crippen LogP contribution in [0.5, 0.6) is 0 Å². The standard InChI is InChI=1S/C8H10N3/c1-2-6-11(5-1)8-7-9-3-4-10-8/h3,7H,1-2,5-6H2. The van der Waals surface area contributed by atoms with Gasteiger partial charge in [0.1, 0.15) is 12.0 Å². The van der Waals surface area contributed by atoms with Crippen LogP contribution >= 0.6 is 0 Å². The highest BCUT2D eigenvalue weighted by Gasteiger charge is 2.12. The fraction of sp³-hybridized carbons (Fsp3) is 0.500. The van der Waals surface area contributed by atoms with Crippen LogP contribution in [0.2, 0.25) is 0 Å². The van der Waals surface area contributed by atoms with E-state index in [4.69, 9.17) is 0 Å². The topological polar surface area (TPSA) is 29.0 Å². The summed E-state index contributed by atoms with van der Waals surface area (Å²) in [4.78, 5) is 10.3. The second-order valence-corrected chi connectivity index (χ2v) is 2.70. The van der Waals surface area contributed by atoms with Gasteiger partial charge in [-0.15, -0.1) is 0 Å². The van der Waals surface area contributed by atoms with Crippen LogP contribution in [0.3, 0.4) is 0 Å². The molecule has 0 atom stereocenters. The Hall–Kier alpha value is -1.12. The van der Waals surface area contributed by atoms with Gasteiger partial charge in [0.15, 0.2) is 0 Å². The summed E-state index contributed by atoms with van der Waals surface area (Å²) in [5.74, 6) is 0.963. The molecule has 0 saturated carbocycles. The molecule has 2 heterocycles. The lowest BCUT2D eigenvalue weighted by atomic mass is 10.4. The maximum Gasteiger partial charge on any atom is 0.147 e. The highest BCUT2D eigenvalue weighted by Crippen LogP contribution is 2.14. The molecule has 1 aliphatic heterocycles. The molecule has 1 aromatic rings. The summed E-state index contributed by atoms with van der Waals surface area (Å²) in [7, 11) is 0. The Labute approximate surface area is 66.1 Å². The van der Waals surface area contributed by atoms with E-state index in [9.17, 15) is 0 Å². The summed E-state index contributed by atoms with van der Waals surface area (Å²) in [6.07, 6.45) is 8.66. The number of hydrogen-bond donors (Lipinski definition) is 0. The Bertz CT molecular complexity index is 216. The van der Waals surface area contributed by atoms with Crippen LogP contribution < -0.4 is 4.90 Å². The zero-order valence-corrected chi connectivity index (χ0v) is 6.32. The second kappa shape index (κ2) is 2.86. The van der Waals surface area contributed by atoms with Gasteiger partial charge in [-0.3, -0.25) is 4.98 Å². The molecule has 0 aromatic carbocycles. The largest absolute Gasteiger partial charge is 0.355 e. The van der Waals surface area contributed by atoms with Crippen molar-refractivity contribution in [3.63, 3.8) is 0 Å². The predicted octanol–water partition coefficient (Wildman–Crippen LogP) is 0.877. The van der Waals surface area contributed by atoms with Gasteiger partial charge >= 0.3 is 0 Å². The van der Waals surface area contributed by atoms with E-state index in [-0.39, 0.29) is 0 Å². The van der Waals surface area contributed by atoms with E-state index in [1.807, 2.05) is 0 Å². The van der Waals surface area contributed by atoms with Crippen LogP contribution in [-0.2, 0) is 0 Å². The van der Waals surface area contributed by atoms with Crippen molar-refractivity contribution in [3.8, 4) is 0 Å². The molecule has 2 rings (SSSR count). The molecule has 1 radical (unpaired) electrons. The quantitative estimate of drug-likeness (QED) is 0.592. The highest BCUT2D eigenvalue weighted by molar-refractivity contribution is 5.35. The molecule has 1 aliphatic rings. The van der Waals surface area contributed by atoms with E-state index in [0.29, 0.717) is 0 Å². The SMILES string of the molecule is [c]1cncc(N2CCCC2)n1. The Morgan fingerprint density at radius 3 is 2.82 bits per heavy atom. The molecule has 1 saturated heterocycles. The number of anilines is 1. The summed E-state index contributed by atoms with van der Waals surface area (Å²) >= 11 is 0. The Morgan fingerprint density at radius 1 is 1.36 bits per heavy atom. The van der Waals surface area contributed by atoms with E-state index in [2.05, 4.69) is 21.1 Å². The molecule has 3 nitrogen and oxygen atoms in total. The van der Waals surface area contributed by atoms with Crippen molar-refractivity contribution >= 4 is 5.82 Å². The molecule has 57 valence electrons. The summed E-state index contributed by atoms with van der Waals surface area (Å²) in [6.45, 7) is 2.24. The first-order valence-electron chi connectivity index (χ1n) is 3.90. The van der Waals surface area contributed by atoms with Crippen LogP contribution in [0.15, 0.2) is 12.4 Å². The van der Waals surface area contributed by atoms with Crippen LogP contribution in [0.25, 0.3) is 0 Å². The predicted molar refractivity (Wildman–Crippen MR) is 42.3 cm³/mol. The van der Waals surface area contributed by atoms with Gasteiger partial charge in [0, 0.05) is 13.1 Å². The molecule has 11 heavy (non-hydrogen) atoms. The summed E-state index contributed by atoms with van der Waals surface area (Å²) < 4.78 is 0. The number of rotatable bonds is 1. The van der Waals surface area contributed by atoms with Gasteiger partial charge in [0.05, 0.1) is 12.4 Å². The highest BCUT2D eigenvalue weighted by atomic mass is 15.2. The maximum absolute atomic E-state index is 4.10. The number of nitrogens with zero attached hydrogens (tertiary/aromatic N) is 3. The minimum Gasteiger partial charge on any atom is -0.355 e. The van der Waals surface area contributed by atoms with E-state index in [1.165, 1.54) is 12.8 Å². The van der Waals surface area contributed by atoms with Gasteiger partial charge in [-0.1, -0.05) is 0 Å². The molecule has 1 fully saturated rings. The molecule has 0 spiro atoms. The van der Waals surface area contributed by atoms with E-state index in [1.54, 1.807) is 12.4 Å². The van der Waals surface area contributed by atoms with Crippen molar-refractivity contribution in [1.82, 2.24) is 9.97 Å². The minimum absolute atomic E-state index is 0.963.